The van der Waals surface area contributed by atoms with Gasteiger partial charge in [0.2, 0.25) is 0 Å². The Balaban J connectivity index is 1.76. The Hall–Kier alpha value is -1.43. The molecule has 23 heavy (non-hydrogen) atoms. The number of fused-ring (bicyclic) bond motifs is 1. The average molecular weight is 331 g/mol. The van der Waals surface area contributed by atoms with Gasteiger partial charge in [0.05, 0.1) is 6.04 Å². The summed E-state index contributed by atoms with van der Waals surface area (Å²) in [6.07, 6.45) is 4.36. The summed E-state index contributed by atoms with van der Waals surface area (Å²) in [5.74, 6) is 0. The number of likely N-dealkylation sites (tertiary alicyclic amines) is 1. The van der Waals surface area contributed by atoms with Crippen molar-refractivity contribution >= 4 is 24.4 Å². The van der Waals surface area contributed by atoms with Crippen molar-refractivity contribution in [2.45, 2.75) is 17.9 Å². The Bertz CT molecular complexity index is 632. The minimum absolute atomic E-state index is 0.548. The molecule has 0 saturated carbocycles. The number of nitrogens with one attached hydrogen (secondary N) is 1. The third kappa shape index (κ3) is 3.57. The van der Waals surface area contributed by atoms with Crippen molar-refractivity contribution in [3.63, 3.8) is 0 Å². The third-order valence-corrected chi connectivity index (χ3v) is 4.97. The molecule has 0 radical (unpaired) electrons. The van der Waals surface area contributed by atoms with Crippen molar-refractivity contribution in [2.24, 2.45) is 5.73 Å². The summed E-state index contributed by atoms with van der Waals surface area (Å²) in [7, 11) is 2.12. The standard InChI is InChI=1S/C18H26N4S/c1-3-22-11-16(12-22)20-9-15(8-19)14-6-13-7-17(23)4-5-18(13)21(2)10-14/h4-7,9,16,20,23H,3,8,10-12,19H2,1-2H3/b15-9+. The van der Waals surface area contributed by atoms with Crippen LogP contribution in [-0.2, 0) is 0 Å². The molecule has 1 aromatic rings. The molecule has 0 aliphatic carbocycles. The quantitative estimate of drug-likeness (QED) is 0.722. The maximum absolute atomic E-state index is 6.00. The SMILES string of the molecule is CCN1CC(N/C=C(\CN)C2=Cc3cc(S)ccc3N(C)C2)C1. The second kappa shape index (κ2) is 6.99. The lowest BCUT2D eigenvalue weighted by atomic mass is 9.97. The number of likely N-dealkylation sites (N-methyl/N-ethyl adjacent to an activating group) is 2. The lowest BCUT2D eigenvalue weighted by Crippen LogP contribution is -2.56. The first kappa shape index (κ1) is 16.4. The number of hydrogen-bond acceptors (Lipinski definition) is 5. The van der Waals surface area contributed by atoms with E-state index in [1.807, 2.05) is 6.07 Å². The van der Waals surface area contributed by atoms with Gasteiger partial charge in [0, 0.05) is 50.0 Å². The zero-order chi connectivity index (χ0) is 16.4. The van der Waals surface area contributed by atoms with E-state index in [9.17, 15) is 0 Å². The summed E-state index contributed by atoms with van der Waals surface area (Å²) in [6.45, 7) is 7.01. The Morgan fingerprint density at radius 2 is 2.22 bits per heavy atom. The summed E-state index contributed by atoms with van der Waals surface area (Å²) in [4.78, 5) is 5.68. The summed E-state index contributed by atoms with van der Waals surface area (Å²) < 4.78 is 0. The molecule has 3 rings (SSSR count). The second-order valence-electron chi connectivity index (χ2n) is 6.36. The fourth-order valence-electron chi connectivity index (χ4n) is 3.21. The van der Waals surface area contributed by atoms with E-state index in [0.29, 0.717) is 12.6 Å². The van der Waals surface area contributed by atoms with Gasteiger partial charge in [-0.15, -0.1) is 12.6 Å². The van der Waals surface area contributed by atoms with Gasteiger partial charge in [0.1, 0.15) is 0 Å². The van der Waals surface area contributed by atoms with Gasteiger partial charge >= 0.3 is 0 Å². The van der Waals surface area contributed by atoms with E-state index in [-0.39, 0.29) is 0 Å². The number of nitrogens with two attached hydrogens (primary N) is 1. The van der Waals surface area contributed by atoms with Crippen LogP contribution >= 0.6 is 12.6 Å². The van der Waals surface area contributed by atoms with E-state index < -0.39 is 0 Å². The van der Waals surface area contributed by atoms with Gasteiger partial charge in [-0.25, -0.2) is 0 Å². The molecule has 0 spiro atoms. The highest BCUT2D eigenvalue weighted by Gasteiger charge is 2.24. The molecule has 1 saturated heterocycles. The highest BCUT2D eigenvalue weighted by Crippen LogP contribution is 2.31. The molecule has 4 nitrogen and oxygen atoms in total. The van der Waals surface area contributed by atoms with Gasteiger partial charge in [0.15, 0.2) is 0 Å². The summed E-state index contributed by atoms with van der Waals surface area (Å²) in [5, 5.41) is 3.52. The van der Waals surface area contributed by atoms with Gasteiger partial charge in [-0.2, -0.15) is 0 Å². The van der Waals surface area contributed by atoms with Crippen LogP contribution in [0.15, 0.2) is 40.4 Å². The highest BCUT2D eigenvalue weighted by molar-refractivity contribution is 7.80. The zero-order valence-electron chi connectivity index (χ0n) is 13.9. The molecule has 1 fully saturated rings. The zero-order valence-corrected chi connectivity index (χ0v) is 14.8. The molecule has 0 atom stereocenters. The lowest BCUT2D eigenvalue weighted by Gasteiger charge is -2.39. The first-order chi connectivity index (χ1) is 11.1. The third-order valence-electron chi connectivity index (χ3n) is 4.69. The number of benzene rings is 1. The molecule has 124 valence electrons. The van der Waals surface area contributed by atoms with E-state index in [0.717, 1.165) is 31.1 Å². The molecule has 2 heterocycles. The minimum atomic E-state index is 0.548. The van der Waals surface area contributed by atoms with Crippen molar-refractivity contribution in [1.82, 2.24) is 10.2 Å². The predicted molar refractivity (Wildman–Crippen MR) is 101 cm³/mol. The van der Waals surface area contributed by atoms with Crippen LogP contribution in [-0.4, -0.2) is 50.7 Å². The van der Waals surface area contributed by atoms with Crippen LogP contribution in [0.25, 0.3) is 6.08 Å². The topological polar surface area (TPSA) is 44.5 Å². The van der Waals surface area contributed by atoms with Gasteiger partial charge in [-0.1, -0.05) is 6.92 Å². The van der Waals surface area contributed by atoms with E-state index >= 15 is 0 Å². The molecule has 5 heteroatoms. The fourth-order valence-corrected chi connectivity index (χ4v) is 3.42. The van der Waals surface area contributed by atoms with Crippen molar-refractivity contribution in [1.29, 1.82) is 0 Å². The van der Waals surface area contributed by atoms with Crippen LogP contribution in [0.1, 0.15) is 12.5 Å². The predicted octanol–water partition coefficient (Wildman–Crippen LogP) is 1.94. The maximum atomic E-state index is 6.00. The Morgan fingerprint density at radius 3 is 2.91 bits per heavy atom. The van der Waals surface area contributed by atoms with E-state index in [4.69, 9.17) is 5.73 Å². The Kier molecular flexibility index (Phi) is 4.99. The first-order valence-electron chi connectivity index (χ1n) is 8.23. The molecule has 2 aliphatic rings. The molecule has 0 unspecified atom stereocenters. The van der Waals surface area contributed by atoms with Crippen LogP contribution in [0.5, 0.6) is 0 Å². The summed E-state index contributed by atoms with van der Waals surface area (Å²) in [6, 6.07) is 6.83. The second-order valence-corrected chi connectivity index (χ2v) is 6.87. The van der Waals surface area contributed by atoms with Crippen LogP contribution in [0.2, 0.25) is 0 Å². The molecular weight excluding hydrogens is 304 g/mol. The Morgan fingerprint density at radius 1 is 1.43 bits per heavy atom. The van der Waals surface area contributed by atoms with Crippen molar-refractivity contribution in [2.75, 3.05) is 44.7 Å². The van der Waals surface area contributed by atoms with Crippen molar-refractivity contribution in [3.05, 3.63) is 41.1 Å². The van der Waals surface area contributed by atoms with Gasteiger partial charge in [-0.05, 0) is 47.5 Å². The number of rotatable bonds is 5. The van der Waals surface area contributed by atoms with Crippen LogP contribution in [0.3, 0.4) is 0 Å². The largest absolute Gasteiger partial charge is 0.385 e. The molecule has 2 aliphatic heterocycles. The summed E-state index contributed by atoms with van der Waals surface area (Å²) >= 11 is 4.45. The van der Waals surface area contributed by atoms with E-state index in [1.165, 1.54) is 22.4 Å². The number of hydrogen-bond donors (Lipinski definition) is 3. The lowest BCUT2D eigenvalue weighted by molar-refractivity contribution is 0.144. The molecular formula is C18H26N4S. The highest BCUT2D eigenvalue weighted by atomic mass is 32.1. The number of thiol groups is 1. The maximum Gasteiger partial charge on any atom is 0.0510 e. The molecule has 3 N–H and O–H groups in total. The number of nitrogens with zero attached hydrogens (tertiary/aromatic N) is 2. The molecule has 0 bridgehead atoms. The van der Waals surface area contributed by atoms with Crippen molar-refractivity contribution in [3.8, 4) is 0 Å². The van der Waals surface area contributed by atoms with Crippen LogP contribution < -0.4 is 16.0 Å². The monoisotopic (exact) mass is 330 g/mol. The average Bonchev–Trinajstić information content (AvgIpc) is 2.49. The minimum Gasteiger partial charge on any atom is -0.385 e. The van der Waals surface area contributed by atoms with E-state index in [1.54, 1.807) is 0 Å². The van der Waals surface area contributed by atoms with Crippen molar-refractivity contribution < 1.29 is 0 Å². The number of anilines is 1. The molecule has 1 aromatic carbocycles. The summed E-state index contributed by atoms with van der Waals surface area (Å²) in [5.41, 5.74) is 10.9. The van der Waals surface area contributed by atoms with Crippen LogP contribution in [0, 0.1) is 0 Å². The van der Waals surface area contributed by atoms with Crippen LogP contribution in [0.4, 0.5) is 5.69 Å². The Labute approximate surface area is 144 Å². The smallest absolute Gasteiger partial charge is 0.0510 e. The van der Waals surface area contributed by atoms with E-state index in [2.05, 4.69) is 66.1 Å². The van der Waals surface area contributed by atoms with Gasteiger partial charge in [-0.3, -0.25) is 4.90 Å². The fraction of sp³-hybridized carbons (Fsp3) is 0.444. The molecule has 0 aromatic heterocycles. The van der Waals surface area contributed by atoms with Gasteiger partial charge in [0.25, 0.3) is 0 Å². The van der Waals surface area contributed by atoms with Gasteiger partial charge < -0.3 is 16.0 Å². The first-order valence-corrected chi connectivity index (χ1v) is 8.68. The normalized spacial score (nSPS) is 19.2. The molecule has 0 amide bonds.